The standard InChI is InChI=1S/C14H14BrFO/c15-10-3-4-13(16)12(7-10)14(17)11-6-8-1-2-9(11)5-8/h3-4,7-9,11H,1-2,5-6H2. The number of fused-ring (bicyclic) bond motifs is 2. The van der Waals surface area contributed by atoms with E-state index >= 15 is 0 Å². The first kappa shape index (κ1) is 11.4. The highest BCUT2D eigenvalue weighted by molar-refractivity contribution is 9.10. The van der Waals surface area contributed by atoms with Crippen LogP contribution >= 0.6 is 15.9 Å². The SMILES string of the molecule is O=C(c1cc(Br)ccc1F)C1CC2CCC1C2. The fraction of sp³-hybridized carbons (Fsp3) is 0.500. The summed E-state index contributed by atoms with van der Waals surface area (Å²) >= 11 is 3.30. The molecule has 0 aliphatic heterocycles. The number of rotatable bonds is 2. The van der Waals surface area contributed by atoms with E-state index in [1.54, 1.807) is 12.1 Å². The van der Waals surface area contributed by atoms with Gasteiger partial charge in [0.1, 0.15) is 5.82 Å². The molecule has 3 atom stereocenters. The van der Waals surface area contributed by atoms with Crippen LogP contribution in [0.5, 0.6) is 0 Å². The molecule has 90 valence electrons. The van der Waals surface area contributed by atoms with Gasteiger partial charge in [-0.25, -0.2) is 4.39 Å². The van der Waals surface area contributed by atoms with Crippen LogP contribution < -0.4 is 0 Å². The lowest BCUT2D eigenvalue weighted by Crippen LogP contribution is -2.22. The van der Waals surface area contributed by atoms with E-state index in [4.69, 9.17) is 0 Å². The molecule has 3 unspecified atom stereocenters. The minimum Gasteiger partial charge on any atom is -0.294 e. The fourth-order valence-corrected chi connectivity index (χ4v) is 3.81. The lowest BCUT2D eigenvalue weighted by molar-refractivity contribution is 0.0870. The first-order chi connectivity index (χ1) is 8.15. The predicted octanol–water partition coefficient (Wildman–Crippen LogP) is 4.21. The zero-order chi connectivity index (χ0) is 12.0. The second kappa shape index (κ2) is 4.20. The molecule has 3 rings (SSSR count). The molecule has 0 heterocycles. The van der Waals surface area contributed by atoms with Crippen LogP contribution in [-0.4, -0.2) is 5.78 Å². The van der Waals surface area contributed by atoms with E-state index in [2.05, 4.69) is 15.9 Å². The Morgan fingerprint density at radius 2 is 2.12 bits per heavy atom. The maximum absolute atomic E-state index is 13.7. The summed E-state index contributed by atoms with van der Waals surface area (Å²) in [5, 5.41) is 0. The van der Waals surface area contributed by atoms with Gasteiger partial charge in [0.05, 0.1) is 5.56 Å². The van der Waals surface area contributed by atoms with Gasteiger partial charge in [-0.15, -0.1) is 0 Å². The quantitative estimate of drug-likeness (QED) is 0.747. The van der Waals surface area contributed by atoms with Gasteiger partial charge in [-0.05, 0) is 49.3 Å². The number of hydrogen-bond donors (Lipinski definition) is 0. The van der Waals surface area contributed by atoms with Crippen LogP contribution in [0.2, 0.25) is 0 Å². The lowest BCUT2D eigenvalue weighted by atomic mass is 9.83. The number of benzene rings is 1. The van der Waals surface area contributed by atoms with Crippen molar-refractivity contribution in [2.45, 2.75) is 25.7 Å². The van der Waals surface area contributed by atoms with Crippen LogP contribution in [-0.2, 0) is 0 Å². The number of halogens is 2. The molecule has 2 saturated carbocycles. The van der Waals surface area contributed by atoms with Crippen molar-refractivity contribution < 1.29 is 9.18 Å². The average Bonchev–Trinajstić information content (AvgIpc) is 2.93. The van der Waals surface area contributed by atoms with Gasteiger partial charge in [0.2, 0.25) is 0 Å². The Labute approximate surface area is 109 Å². The maximum atomic E-state index is 13.7. The van der Waals surface area contributed by atoms with Gasteiger partial charge in [-0.1, -0.05) is 22.4 Å². The van der Waals surface area contributed by atoms with Gasteiger partial charge in [0.15, 0.2) is 5.78 Å². The molecule has 17 heavy (non-hydrogen) atoms. The first-order valence-corrected chi connectivity index (χ1v) is 6.93. The number of hydrogen-bond acceptors (Lipinski definition) is 1. The lowest BCUT2D eigenvalue weighted by Gasteiger charge is -2.20. The van der Waals surface area contributed by atoms with Gasteiger partial charge < -0.3 is 0 Å². The van der Waals surface area contributed by atoms with Crippen molar-refractivity contribution in [3.05, 3.63) is 34.1 Å². The Bertz CT molecular complexity index is 471. The Morgan fingerprint density at radius 3 is 2.76 bits per heavy atom. The van der Waals surface area contributed by atoms with Crippen LogP contribution in [0.4, 0.5) is 4.39 Å². The summed E-state index contributed by atoms with van der Waals surface area (Å²) < 4.78 is 14.4. The fourth-order valence-electron chi connectivity index (χ4n) is 3.45. The third-order valence-corrected chi connectivity index (χ3v) is 4.76. The van der Waals surface area contributed by atoms with Crippen LogP contribution in [0.3, 0.4) is 0 Å². The summed E-state index contributed by atoms with van der Waals surface area (Å²) in [6.07, 6.45) is 4.55. The highest BCUT2D eigenvalue weighted by Gasteiger charge is 2.43. The first-order valence-electron chi connectivity index (χ1n) is 6.14. The van der Waals surface area contributed by atoms with Crippen molar-refractivity contribution in [2.24, 2.45) is 17.8 Å². The van der Waals surface area contributed by atoms with Crippen LogP contribution in [0.15, 0.2) is 22.7 Å². The molecule has 0 spiro atoms. The zero-order valence-corrected chi connectivity index (χ0v) is 11.0. The molecule has 2 aliphatic carbocycles. The Morgan fingerprint density at radius 1 is 1.29 bits per heavy atom. The predicted molar refractivity (Wildman–Crippen MR) is 67.4 cm³/mol. The summed E-state index contributed by atoms with van der Waals surface area (Å²) in [7, 11) is 0. The molecule has 0 radical (unpaired) electrons. The number of ketones is 1. The summed E-state index contributed by atoms with van der Waals surface area (Å²) in [5.41, 5.74) is 0.261. The van der Waals surface area contributed by atoms with Gasteiger partial charge in [0.25, 0.3) is 0 Å². The Hall–Kier alpha value is -0.700. The number of carbonyl (C=O) groups excluding carboxylic acids is 1. The van der Waals surface area contributed by atoms with E-state index in [1.165, 1.54) is 18.9 Å². The minimum absolute atomic E-state index is 0.0102. The molecule has 1 aromatic rings. The van der Waals surface area contributed by atoms with E-state index in [-0.39, 0.29) is 23.1 Å². The summed E-state index contributed by atoms with van der Waals surface area (Å²) in [6.45, 7) is 0. The summed E-state index contributed by atoms with van der Waals surface area (Å²) in [5.74, 6) is 0.907. The average molecular weight is 297 g/mol. The summed E-state index contributed by atoms with van der Waals surface area (Å²) in [4.78, 5) is 12.3. The topological polar surface area (TPSA) is 17.1 Å². The molecule has 0 N–H and O–H groups in total. The highest BCUT2D eigenvalue weighted by Crippen LogP contribution is 2.49. The van der Waals surface area contributed by atoms with Gasteiger partial charge >= 0.3 is 0 Å². The second-order valence-corrected chi connectivity index (χ2v) is 6.19. The smallest absolute Gasteiger partial charge is 0.169 e. The van der Waals surface area contributed by atoms with E-state index in [1.807, 2.05) is 0 Å². The van der Waals surface area contributed by atoms with Crippen molar-refractivity contribution in [1.82, 2.24) is 0 Å². The normalized spacial score (nSPS) is 30.8. The minimum atomic E-state index is -0.388. The van der Waals surface area contributed by atoms with Crippen molar-refractivity contribution in [1.29, 1.82) is 0 Å². The van der Waals surface area contributed by atoms with Crippen molar-refractivity contribution >= 4 is 21.7 Å². The van der Waals surface area contributed by atoms with Crippen LogP contribution in [0.1, 0.15) is 36.0 Å². The number of carbonyl (C=O) groups is 1. The molecule has 0 amide bonds. The van der Waals surface area contributed by atoms with Gasteiger partial charge in [-0.2, -0.15) is 0 Å². The van der Waals surface area contributed by atoms with Crippen LogP contribution in [0, 0.1) is 23.6 Å². The van der Waals surface area contributed by atoms with Gasteiger partial charge in [-0.3, -0.25) is 4.79 Å². The molecular formula is C14H14BrFO. The maximum Gasteiger partial charge on any atom is 0.169 e. The third-order valence-electron chi connectivity index (χ3n) is 4.27. The molecule has 2 aliphatic rings. The third kappa shape index (κ3) is 1.95. The van der Waals surface area contributed by atoms with Gasteiger partial charge in [0, 0.05) is 10.4 Å². The van der Waals surface area contributed by atoms with E-state index in [9.17, 15) is 9.18 Å². The van der Waals surface area contributed by atoms with E-state index < -0.39 is 0 Å². The number of Topliss-reactive ketones (excluding diaryl/α,β-unsaturated/α-hetero) is 1. The largest absolute Gasteiger partial charge is 0.294 e. The molecular weight excluding hydrogens is 283 g/mol. The molecule has 2 bridgehead atoms. The molecule has 0 aromatic heterocycles. The Kier molecular flexibility index (Phi) is 2.81. The molecule has 0 saturated heterocycles. The van der Waals surface area contributed by atoms with Crippen molar-refractivity contribution in [2.75, 3.05) is 0 Å². The van der Waals surface area contributed by atoms with E-state index in [0.717, 1.165) is 17.3 Å². The molecule has 1 aromatic carbocycles. The highest BCUT2D eigenvalue weighted by atomic mass is 79.9. The molecule has 3 heteroatoms. The summed E-state index contributed by atoms with van der Waals surface area (Å²) in [6, 6.07) is 4.61. The van der Waals surface area contributed by atoms with E-state index in [0.29, 0.717) is 11.8 Å². The molecule has 2 fully saturated rings. The molecule has 1 nitrogen and oxygen atoms in total. The van der Waals surface area contributed by atoms with Crippen molar-refractivity contribution in [3.8, 4) is 0 Å². The van der Waals surface area contributed by atoms with Crippen LogP contribution in [0.25, 0.3) is 0 Å². The Balaban J connectivity index is 1.89. The second-order valence-electron chi connectivity index (χ2n) is 5.27. The monoisotopic (exact) mass is 296 g/mol. The van der Waals surface area contributed by atoms with Crippen molar-refractivity contribution in [3.63, 3.8) is 0 Å². The zero-order valence-electron chi connectivity index (χ0n) is 9.46.